The fraction of sp³-hybridized carbons (Fsp3) is 0.733. The van der Waals surface area contributed by atoms with E-state index in [1.54, 1.807) is 23.6 Å². The van der Waals surface area contributed by atoms with Gasteiger partial charge in [-0.2, -0.15) is 0 Å². The van der Waals surface area contributed by atoms with Gasteiger partial charge in [-0.1, -0.05) is 63.5 Å². The van der Waals surface area contributed by atoms with E-state index in [-0.39, 0.29) is 10.8 Å². The van der Waals surface area contributed by atoms with Crippen LogP contribution in [0.15, 0.2) is 34.4 Å². The molecule has 0 radical (unpaired) electrons. The average Bonchev–Trinajstić information content (AvgIpc) is 3.06. The van der Waals surface area contributed by atoms with Crippen LogP contribution in [-0.4, -0.2) is 16.9 Å². The van der Waals surface area contributed by atoms with E-state index in [9.17, 15) is 9.59 Å². The molecule has 0 heterocycles. The Morgan fingerprint density at radius 2 is 1.88 bits per heavy atom. The molecule has 0 saturated heterocycles. The lowest BCUT2D eigenvalue weighted by Gasteiger charge is -2.57. The summed E-state index contributed by atoms with van der Waals surface area (Å²) >= 11 is 0. The summed E-state index contributed by atoms with van der Waals surface area (Å²) in [6, 6.07) is 0. The first-order valence-electron chi connectivity index (χ1n) is 13.2. The summed E-state index contributed by atoms with van der Waals surface area (Å²) in [6.45, 7) is 15.8. The smallest absolute Gasteiger partial charge is 0.330 e. The number of carbonyl (C=O) groups is 2. The van der Waals surface area contributed by atoms with Gasteiger partial charge >= 0.3 is 5.97 Å². The van der Waals surface area contributed by atoms with Crippen molar-refractivity contribution in [1.29, 1.82) is 0 Å². The second-order valence-electron chi connectivity index (χ2n) is 12.7. The van der Waals surface area contributed by atoms with Crippen LogP contribution in [0.1, 0.15) is 99.8 Å². The summed E-state index contributed by atoms with van der Waals surface area (Å²) in [5.74, 6) is 1.76. The van der Waals surface area contributed by atoms with Crippen molar-refractivity contribution in [2.24, 2.45) is 39.9 Å². The van der Waals surface area contributed by atoms with Crippen LogP contribution in [0, 0.1) is 39.9 Å². The van der Waals surface area contributed by atoms with Crippen molar-refractivity contribution in [3.05, 3.63) is 34.4 Å². The monoisotopic (exact) mass is 452 g/mol. The lowest BCUT2D eigenvalue weighted by Crippen LogP contribution is -2.52. The minimum Gasteiger partial charge on any atom is -0.478 e. The Labute approximate surface area is 200 Å². The van der Waals surface area contributed by atoms with E-state index in [1.807, 2.05) is 6.08 Å². The van der Waals surface area contributed by atoms with Crippen molar-refractivity contribution in [2.45, 2.75) is 99.8 Å². The molecule has 4 aliphatic carbocycles. The van der Waals surface area contributed by atoms with Gasteiger partial charge in [-0.3, -0.25) is 4.79 Å². The largest absolute Gasteiger partial charge is 0.478 e. The first-order chi connectivity index (χ1) is 15.3. The number of Topliss-reactive ketones (excluding diaryl/α,β-unsaturated/α-hetero) is 1. The number of carbonyl (C=O) groups excluding carboxylic acids is 1. The Morgan fingerprint density at radius 3 is 2.55 bits per heavy atom. The van der Waals surface area contributed by atoms with E-state index in [0.29, 0.717) is 40.4 Å². The maximum atomic E-state index is 12.8. The SMILES string of the molecule is CC(=CCC[C@@H](C)C1=C(C)[C@@H]2C=C3[C@@H](CC[C@H]4C(C)(C)C(=O)CC[C@]34C)[C@]2(C)CC1)C(=O)O. The molecule has 6 atom stereocenters. The second-order valence-corrected chi connectivity index (χ2v) is 12.7. The van der Waals surface area contributed by atoms with Crippen molar-refractivity contribution in [2.75, 3.05) is 0 Å². The predicted molar refractivity (Wildman–Crippen MR) is 134 cm³/mol. The minimum absolute atomic E-state index is 0.159. The molecular weight excluding hydrogens is 408 g/mol. The number of carboxylic acids is 1. The van der Waals surface area contributed by atoms with Crippen molar-refractivity contribution in [3.8, 4) is 0 Å². The molecule has 33 heavy (non-hydrogen) atoms. The highest BCUT2D eigenvalue weighted by molar-refractivity contribution is 5.86. The normalized spacial score (nSPS) is 38.9. The minimum atomic E-state index is -0.814. The van der Waals surface area contributed by atoms with Crippen LogP contribution in [0.25, 0.3) is 0 Å². The fourth-order valence-corrected chi connectivity index (χ4v) is 8.55. The topological polar surface area (TPSA) is 54.4 Å². The molecular formula is C30H44O3. The number of rotatable bonds is 5. The summed E-state index contributed by atoms with van der Waals surface area (Å²) in [5.41, 5.74) is 5.57. The van der Waals surface area contributed by atoms with Gasteiger partial charge in [0.25, 0.3) is 0 Å². The Bertz CT molecular complexity index is 948. The molecule has 0 aliphatic heterocycles. The van der Waals surface area contributed by atoms with Gasteiger partial charge in [0.1, 0.15) is 5.78 Å². The number of fused-ring (bicyclic) bond motifs is 5. The summed E-state index contributed by atoms with van der Waals surface area (Å²) in [5, 5.41) is 9.12. The molecule has 2 fully saturated rings. The molecule has 0 unspecified atom stereocenters. The standard InChI is InChI=1S/C30H44O3/c1-18(9-8-10-19(2)27(32)33)21-13-15-29(6)22-11-12-25-28(4,5)26(31)14-16-30(25,7)24(22)17-23(29)20(21)3/h10,17-18,22-23,25H,8-9,11-16H2,1-7H3,(H,32,33)/t18-,22-,23+,25+,29+,30-/m1/s1. The first-order valence-corrected chi connectivity index (χ1v) is 13.2. The quantitative estimate of drug-likeness (QED) is 0.346. The molecule has 1 N–H and O–H groups in total. The van der Waals surface area contributed by atoms with Crippen molar-refractivity contribution >= 4 is 11.8 Å². The van der Waals surface area contributed by atoms with Crippen LogP contribution in [-0.2, 0) is 9.59 Å². The molecule has 0 aromatic carbocycles. The van der Waals surface area contributed by atoms with Gasteiger partial charge < -0.3 is 5.11 Å². The third-order valence-corrected chi connectivity index (χ3v) is 10.8. The maximum absolute atomic E-state index is 12.8. The molecule has 182 valence electrons. The van der Waals surface area contributed by atoms with Gasteiger partial charge in [-0.15, -0.1) is 0 Å². The highest BCUT2D eigenvalue weighted by Crippen LogP contribution is 2.69. The highest BCUT2D eigenvalue weighted by atomic mass is 16.4. The molecule has 0 amide bonds. The first kappa shape index (κ1) is 24.5. The lowest BCUT2D eigenvalue weighted by molar-refractivity contribution is -0.140. The summed E-state index contributed by atoms with van der Waals surface area (Å²) < 4.78 is 0. The maximum Gasteiger partial charge on any atom is 0.330 e. The summed E-state index contributed by atoms with van der Waals surface area (Å²) in [6.07, 6.45) is 12.9. The Kier molecular flexibility index (Phi) is 6.11. The van der Waals surface area contributed by atoms with E-state index in [4.69, 9.17) is 5.11 Å². The van der Waals surface area contributed by atoms with E-state index in [1.165, 1.54) is 25.7 Å². The van der Waals surface area contributed by atoms with Crippen LogP contribution in [0.2, 0.25) is 0 Å². The van der Waals surface area contributed by atoms with E-state index in [0.717, 1.165) is 25.7 Å². The predicted octanol–water partition coefficient (Wildman–Crippen LogP) is 7.53. The molecule has 3 heteroatoms. The number of aliphatic carboxylic acids is 1. The average molecular weight is 453 g/mol. The zero-order valence-electron chi connectivity index (χ0n) is 21.9. The van der Waals surface area contributed by atoms with Crippen LogP contribution >= 0.6 is 0 Å². The Balaban J connectivity index is 1.62. The lowest BCUT2D eigenvalue weighted by atomic mass is 9.46. The molecule has 0 spiro atoms. The van der Waals surface area contributed by atoms with Crippen LogP contribution in [0.3, 0.4) is 0 Å². The third-order valence-electron chi connectivity index (χ3n) is 10.8. The third kappa shape index (κ3) is 3.69. The van der Waals surface area contributed by atoms with Gasteiger partial charge in [-0.05, 0) is 87.4 Å². The second kappa shape index (κ2) is 8.24. The molecule has 4 rings (SSSR count). The fourth-order valence-electron chi connectivity index (χ4n) is 8.55. The zero-order valence-corrected chi connectivity index (χ0v) is 21.9. The van der Waals surface area contributed by atoms with Gasteiger partial charge in [-0.25, -0.2) is 4.79 Å². The van der Waals surface area contributed by atoms with Gasteiger partial charge in [0.15, 0.2) is 0 Å². The van der Waals surface area contributed by atoms with Crippen LogP contribution in [0.4, 0.5) is 0 Å². The molecule has 0 aromatic rings. The molecule has 3 nitrogen and oxygen atoms in total. The van der Waals surface area contributed by atoms with Crippen LogP contribution in [0.5, 0.6) is 0 Å². The Hall–Kier alpha value is -1.64. The van der Waals surface area contributed by atoms with E-state index < -0.39 is 5.97 Å². The van der Waals surface area contributed by atoms with Gasteiger partial charge in [0.2, 0.25) is 0 Å². The van der Waals surface area contributed by atoms with E-state index >= 15 is 0 Å². The number of carboxylic acid groups (broad SMARTS) is 1. The zero-order chi connectivity index (χ0) is 24.3. The van der Waals surface area contributed by atoms with Crippen molar-refractivity contribution in [1.82, 2.24) is 0 Å². The summed E-state index contributed by atoms with van der Waals surface area (Å²) in [4.78, 5) is 23.9. The number of allylic oxidation sites excluding steroid dienone is 5. The highest BCUT2D eigenvalue weighted by Gasteiger charge is 2.61. The molecule has 2 saturated carbocycles. The van der Waals surface area contributed by atoms with Gasteiger partial charge in [0.05, 0.1) is 0 Å². The number of hydrogen-bond donors (Lipinski definition) is 1. The van der Waals surface area contributed by atoms with Crippen molar-refractivity contribution in [3.63, 3.8) is 0 Å². The van der Waals surface area contributed by atoms with Gasteiger partial charge in [0, 0.05) is 23.3 Å². The number of ketones is 1. The number of hydrogen-bond acceptors (Lipinski definition) is 2. The summed E-state index contributed by atoms with van der Waals surface area (Å²) in [7, 11) is 0. The van der Waals surface area contributed by atoms with E-state index in [2.05, 4.69) is 47.6 Å². The molecule has 0 aromatic heterocycles. The van der Waals surface area contributed by atoms with Crippen LogP contribution < -0.4 is 0 Å². The molecule has 4 aliphatic rings. The Morgan fingerprint density at radius 1 is 1.18 bits per heavy atom. The molecule has 0 bridgehead atoms. The van der Waals surface area contributed by atoms with Crippen molar-refractivity contribution < 1.29 is 14.7 Å².